The minimum absolute atomic E-state index is 0.264. The first-order chi connectivity index (χ1) is 15.0. The van der Waals surface area contributed by atoms with Crippen molar-refractivity contribution >= 4 is 18.0 Å². The molecule has 0 spiro atoms. The molecule has 2 N–H and O–H groups in total. The summed E-state index contributed by atoms with van der Waals surface area (Å²) >= 11 is 0. The second kappa shape index (κ2) is 8.83. The van der Waals surface area contributed by atoms with Gasteiger partial charge in [0.2, 0.25) is 12.3 Å². The predicted molar refractivity (Wildman–Crippen MR) is 118 cm³/mol. The quantitative estimate of drug-likeness (QED) is 0.631. The minimum atomic E-state index is -0.753. The van der Waals surface area contributed by atoms with E-state index < -0.39 is 12.1 Å². The molecule has 3 aromatic carbocycles. The fourth-order valence-electron chi connectivity index (χ4n) is 3.61. The number of ether oxygens (including phenoxy) is 1. The Balaban J connectivity index is 1.67. The molecule has 3 aromatic rings. The van der Waals surface area contributed by atoms with Crippen LogP contribution >= 0.6 is 0 Å². The summed E-state index contributed by atoms with van der Waals surface area (Å²) in [6, 6.07) is 23.4. The van der Waals surface area contributed by atoms with Crippen LogP contribution in [0.2, 0.25) is 0 Å². The Hall–Kier alpha value is -3.93. The summed E-state index contributed by atoms with van der Waals surface area (Å²) in [7, 11) is 1.57. The number of carbonyl (C=O) groups is 2. The number of aryl methyl sites for hydroxylation is 1. The van der Waals surface area contributed by atoms with E-state index in [-0.39, 0.29) is 11.8 Å². The molecule has 2 amide bonds. The number of methoxy groups -OCH3 is 1. The molecule has 156 valence electrons. The maximum Gasteiger partial charge on any atom is 0.304 e. The van der Waals surface area contributed by atoms with E-state index in [0.29, 0.717) is 11.3 Å². The molecule has 0 aliphatic carbocycles. The van der Waals surface area contributed by atoms with Crippen LogP contribution in [0.5, 0.6) is 5.75 Å². The van der Waals surface area contributed by atoms with Crippen LogP contribution < -0.4 is 15.5 Å². The molecule has 1 heterocycles. The third kappa shape index (κ3) is 4.48. The number of carbonyl (C=O) groups excluding carboxylic acids is 2. The Morgan fingerprint density at radius 1 is 1.00 bits per heavy atom. The molecule has 1 fully saturated rings. The summed E-state index contributed by atoms with van der Waals surface area (Å²) in [6.07, 6.45) is 1.88. The van der Waals surface area contributed by atoms with Crippen molar-refractivity contribution in [2.24, 2.45) is 0 Å². The number of nitrogens with one attached hydrogen (secondary N) is 2. The van der Waals surface area contributed by atoms with Gasteiger partial charge in [0.15, 0.2) is 6.04 Å². The van der Waals surface area contributed by atoms with E-state index in [2.05, 4.69) is 10.7 Å². The molecule has 0 aromatic heterocycles. The molecule has 2 atom stereocenters. The van der Waals surface area contributed by atoms with Gasteiger partial charge in [0, 0.05) is 16.7 Å². The van der Waals surface area contributed by atoms with Crippen molar-refractivity contribution in [3.8, 4) is 5.75 Å². The van der Waals surface area contributed by atoms with E-state index in [4.69, 9.17) is 4.74 Å². The summed E-state index contributed by atoms with van der Waals surface area (Å²) in [5, 5.41) is 2.91. The van der Waals surface area contributed by atoms with E-state index in [1.54, 1.807) is 36.1 Å². The fraction of sp³-hybridized carbons (Fsp3) is 0.160. The van der Waals surface area contributed by atoms with Crippen LogP contribution in [0.15, 0.2) is 78.9 Å². The zero-order chi connectivity index (χ0) is 21.8. The largest absolute Gasteiger partial charge is 0.497 e. The standard InChI is InChI=1S/C25H23N3O3/c1-17-8-10-19(11-9-17)23-22(26-24(29)20-12-14-21(31-2)15-13-20)25(30)27-28(23)16-18-6-4-3-5-7-18/h3-16,22-23H,1-2H3,(H-,26,27,29,30)/p+1/b28-16-/t22-,23-/m0/s1. The van der Waals surface area contributed by atoms with Gasteiger partial charge in [0.1, 0.15) is 5.75 Å². The van der Waals surface area contributed by atoms with Crippen LogP contribution in [0.3, 0.4) is 0 Å². The number of rotatable bonds is 5. The third-order valence-electron chi connectivity index (χ3n) is 5.28. The summed E-state index contributed by atoms with van der Waals surface area (Å²) in [5.41, 5.74) is 6.35. The van der Waals surface area contributed by atoms with Crippen molar-refractivity contribution in [3.05, 3.63) is 101 Å². The molecule has 0 bridgehead atoms. The Morgan fingerprint density at radius 2 is 1.68 bits per heavy atom. The highest BCUT2D eigenvalue weighted by molar-refractivity contribution is 5.98. The lowest BCUT2D eigenvalue weighted by molar-refractivity contribution is -0.596. The monoisotopic (exact) mass is 414 g/mol. The van der Waals surface area contributed by atoms with Crippen molar-refractivity contribution in [1.29, 1.82) is 0 Å². The van der Waals surface area contributed by atoms with Gasteiger partial charge >= 0.3 is 5.91 Å². The number of hydrogen-bond acceptors (Lipinski definition) is 3. The number of hydrogen-bond donors (Lipinski definition) is 2. The van der Waals surface area contributed by atoms with Gasteiger partial charge in [-0.3, -0.25) is 9.59 Å². The van der Waals surface area contributed by atoms with Gasteiger partial charge in [-0.1, -0.05) is 48.0 Å². The van der Waals surface area contributed by atoms with Crippen molar-refractivity contribution in [3.63, 3.8) is 0 Å². The number of amides is 2. The number of nitrogens with zero attached hydrogens (tertiary/aromatic N) is 1. The summed E-state index contributed by atoms with van der Waals surface area (Å²) in [4.78, 5) is 25.8. The van der Waals surface area contributed by atoms with Crippen LogP contribution in [0, 0.1) is 6.92 Å². The zero-order valence-corrected chi connectivity index (χ0v) is 17.4. The first-order valence-electron chi connectivity index (χ1n) is 10.1. The highest BCUT2D eigenvalue weighted by Crippen LogP contribution is 2.26. The highest BCUT2D eigenvalue weighted by atomic mass is 16.5. The van der Waals surface area contributed by atoms with Crippen LogP contribution in [0.1, 0.15) is 33.1 Å². The molecule has 1 aliphatic heterocycles. The Kier molecular flexibility index (Phi) is 5.80. The lowest BCUT2D eigenvalue weighted by Gasteiger charge is -2.15. The Bertz CT molecular complexity index is 1110. The normalized spacial score (nSPS) is 19.2. The van der Waals surface area contributed by atoms with Gasteiger partial charge in [0.05, 0.1) is 7.11 Å². The molecule has 4 rings (SSSR count). The molecule has 0 unspecified atom stereocenters. The zero-order valence-electron chi connectivity index (χ0n) is 17.4. The summed E-state index contributed by atoms with van der Waals surface area (Å²) in [6.45, 7) is 2.01. The maximum atomic E-state index is 12.9. The molecule has 1 saturated heterocycles. The van der Waals surface area contributed by atoms with E-state index in [0.717, 1.165) is 16.7 Å². The second-order valence-electron chi connectivity index (χ2n) is 7.46. The molecule has 6 nitrogen and oxygen atoms in total. The van der Waals surface area contributed by atoms with Crippen molar-refractivity contribution < 1.29 is 19.0 Å². The van der Waals surface area contributed by atoms with Gasteiger partial charge in [-0.25, -0.2) is 0 Å². The van der Waals surface area contributed by atoms with Crippen LogP contribution in [-0.2, 0) is 4.79 Å². The predicted octanol–water partition coefficient (Wildman–Crippen LogP) is 3.02. The van der Waals surface area contributed by atoms with Crippen molar-refractivity contribution in [2.45, 2.75) is 19.0 Å². The van der Waals surface area contributed by atoms with E-state index >= 15 is 0 Å². The minimum Gasteiger partial charge on any atom is -0.497 e. The average Bonchev–Trinajstić information content (AvgIpc) is 3.09. The Labute approximate surface area is 181 Å². The summed E-state index contributed by atoms with van der Waals surface area (Å²) < 4.78 is 6.91. The molecular formula is C25H24N3O3+. The smallest absolute Gasteiger partial charge is 0.304 e. The van der Waals surface area contributed by atoms with E-state index in [1.807, 2.05) is 67.7 Å². The highest BCUT2D eigenvalue weighted by Gasteiger charge is 2.47. The first-order valence-corrected chi connectivity index (χ1v) is 10.1. The molecule has 0 radical (unpaired) electrons. The topological polar surface area (TPSA) is 70.4 Å². The van der Waals surface area contributed by atoms with Gasteiger partial charge in [0.25, 0.3) is 5.91 Å². The number of hydrazone groups is 1. The van der Waals surface area contributed by atoms with Gasteiger partial charge in [-0.15, -0.1) is 10.1 Å². The lowest BCUT2D eigenvalue weighted by Crippen LogP contribution is -2.42. The van der Waals surface area contributed by atoms with Gasteiger partial charge < -0.3 is 10.1 Å². The van der Waals surface area contributed by atoms with Crippen LogP contribution in [-0.4, -0.2) is 35.9 Å². The van der Waals surface area contributed by atoms with Crippen LogP contribution in [0.4, 0.5) is 0 Å². The van der Waals surface area contributed by atoms with E-state index in [9.17, 15) is 9.59 Å². The molecule has 31 heavy (non-hydrogen) atoms. The van der Waals surface area contributed by atoms with Crippen LogP contribution in [0.25, 0.3) is 0 Å². The lowest BCUT2D eigenvalue weighted by atomic mass is 9.98. The molecule has 1 aliphatic rings. The molecular weight excluding hydrogens is 390 g/mol. The maximum absolute atomic E-state index is 12.9. The first kappa shape index (κ1) is 20.3. The number of benzene rings is 3. The molecule has 6 heteroatoms. The van der Waals surface area contributed by atoms with E-state index in [1.165, 1.54) is 0 Å². The number of hydrazine groups is 1. The Morgan fingerprint density at radius 3 is 2.32 bits per heavy atom. The fourth-order valence-corrected chi connectivity index (χ4v) is 3.61. The third-order valence-corrected chi connectivity index (χ3v) is 5.28. The average molecular weight is 414 g/mol. The second-order valence-corrected chi connectivity index (χ2v) is 7.46. The van der Waals surface area contributed by atoms with Crippen molar-refractivity contribution in [2.75, 3.05) is 7.11 Å². The molecule has 0 saturated carbocycles. The van der Waals surface area contributed by atoms with Gasteiger partial charge in [-0.2, -0.15) is 0 Å². The SMILES string of the molecule is COc1ccc(C(=O)N[C@@H]2C(=O)N/[N+](=C\c3ccccc3)[C@H]2c2ccc(C)cc2)cc1. The summed E-state index contributed by atoms with van der Waals surface area (Å²) in [5.74, 6) is 0.0809. The van der Waals surface area contributed by atoms with Crippen molar-refractivity contribution in [1.82, 2.24) is 10.7 Å². The van der Waals surface area contributed by atoms with Gasteiger partial charge in [-0.05, 0) is 43.3 Å².